The molecule has 2 N–H and O–H groups in total. The van der Waals surface area contributed by atoms with Crippen LogP contribution in [0.3, 0.4) is 0 Å². The highest BCUT2D eigenvalue weighted by Crippen LogP contribution is 2.19. The van der Waals surface area contributed by atoms with Crippen LogP contribution >= 0.6 is 0 Å². The van der Waals surface area contributed by atoms with Gasteiger partial charge in [-0.3, -0.25) is 0 Å². The summed E-state index contributed by atoms with van der Waals surface area (Å²) in [4.78, 5) is 15.4. The maximum absolute atomic E-state index is 11.8. The monoisotopic (exact) mass is 302 g/mol. The van der Waals surface area contributed by atoms with Gasteiger partial charge in [0.15, 0.2) is 0 Å². The normalized spacial score (nSPS) is 21.3. The fraction of sp³-hybridized carbons (Fsp3) is 0.933. The van der Waals surface area contributed by atoms with E-state index in [1.165, 1.54) is 4.90 Å². The van der Waals surface area contributed by atoms with E-state index in [0.717, 1.165) is 25.9 Å². The number of likely N-dealkylation sites (tertiary alicyclic amines) is 1. The van der Waals surface area contributed by atoms with Gasteiger partial charge in [-0.15, -0.1) is 0 Å². The Morgan fingerprint density at radius 3 is 2.71 bits per heavy atom. The quantitative estimate of drug-likeness (QED) is 0.763. The highest BCUT2D eigenvalue weighted by molar-refractivity contribution is 5.67. The number of β-amino-alcohol motifs (C(OH)–C–C–N with tert-alkyl or cyclic N) is 1. The number of ether oxygens (including phenoxy) is 1. The molecule has 0 spiro atoms. The topological polar surface area (TPSA) is 73.2 Å². The molecule has 1 aliphatic heterocycles. The maximum atomic E-state index is 11.8. The average Bonchev–Trinajstić information content (AvgIpc) is 2.74. The number of likely N-dealkylation sites (N-methyl/N-ethyl adjacent to an activating group) is 1. The number of nitrogens with zero attached hydrogens (tertiary/aromatic N) is 2. The van der Waals surface area contributed by atoms with Crippen molar-refractivity contribution in [2.45, 2.75) is 45.3 Å². The van der Waals surface area contributed by atoms with Gasteiger partial charge < -0.3 is 24.7 Å². The summed E-state index contributed by atoms with van der Waals surface area (Å²) in [5, 5.41) is 19.0. The third-order valence-corrected chi connectivity index (χ3v) is 3.57. The average molecular weight is 302 g/mol. The molecule has 124 valence electrons. The van der Waals surface area contributed by atoms with Crippen LogP contribution in [0.15, 0.2) is 0 Å². The van der Waals surface area contributed by atoms with Crippen molar-refractivity contribution < 1.29 is 19.7 Å². The molecule has 0 aliphatic carbocycles. The minimum atomic E-state index is -0.588. The zero-order valence-electron chi connectivity index (χ0n) is 13.7. The van der Waals surface area contributed by atoms with E-state index < -0.39 is 17.8 Å². The molecule has 21 heavy (non-hydrogen) atoms. The van der Waals surface area contributed by atoms with E-state index in [1.54, 1.807) is 7.05 Å². The van der Waals surface area contributed by atoms with Gasteiger partial charge in [-0.25, -0.2) is 4.79 Å². The molecule has 6 heteroatoms. The predicted molar refractivity (Wildman–Crippen MR) is 81.1 cm³/mol. The van der Waals surface area contributed by atoms with Gasteiger partial charge in [-0.1, -0.05) is 0 Å². The van der Waals surface area contributed by atoms with E-state index in [1.807, 2.05) is 20.8 Å². The lowest BCUT2D eigenvalue weighted by Crippen LogP contribution is -2.42. The third-order valence-electron chi connectivity index (χ3n) is 3.57. The lowest BCUT2D eigenvalue weighted by atomic mass is 10.1. The number of hydrogen-bond acceptors (Lipinski definition) is 5. The minimum Gasteiger partial charge on any atom is -0.444 e. The second-order valence-electron chi connectivity index (χ2n) is 6.94. The standard InChI is InChI=1S/C15H30N2O4/c1-15(2,3)21-14(20)16(4)10-13(19)11-17-7-5-12(9-17)6-8-18/h12-13,18-19H,5-11H2,1-4H3/t12-,13-/m1/s1. The van der Waals surface area contributed by atoms with E-state index in [2.05, 4.69) is 4.90 Å². The Balaban J connectivity index is 2.30. The van der Waals surface area contributed by atoms with E-state index in [9.17, 15) is 9.90 Å². The van der Waals surface area contributed by atoms with Crippen molar-refractivity contribution in [3.63, 3.8) is 0 Å². The van der Waals surface area contributed by atoms with Crippen LogP contribution < -0.4 is 0 Å². The molecule has 1 heterocycles. The molecule has 6 nitrogen and oxygen atoms in total. The molecule has 0 aromatic heterocycles. The van der Waals surface area contributed by atoms with Crippen molar-refractivity contribution in [2.75, 3.05) is 39.8 Å². The molecule has 1 fully saturated rings. The van der Waals surface area contributed by atoms with Gasteiger partial charge in [0.05, 0.1) is 12.6 Å². The zero-order valence-corrected chi connectivity index (χ0v) is 13.7. The minimum absolute atomic E-state index is 0.225. The van der Waals surface area contributed by atoms with Gasteiger partial charge in [0.1, 0.15) is 5.60 Å². The number of aliphatic hydroxyl groups is 2. The first-order chi connectivity index (χ1) is 9.71. The molecule has 0 bridgehead atoms. The van der Waals surface area contributed by atoms with Crippen LogP contribution in [0.4, 0.5) is 4.79 Å². The van der Waals surface area contributed by atoms with Crippen LogP contribution in [-0.2, 0) is 4.74 Å². The molecule has 1 aliphatic rings. The summed E-state index contributed by atoms with van der Waals surface area (Å²) in [5.41, 5.74) is -0.525. The van der Waals surface area contributed by atoms with Gasteiger partial charge >= 0.3 is 6.09 Å². The Hall–Kier alpha value is -0.850. The van der Waals surface area contributed by atoms with Crippen LogP contribution in [0.25, 0.3) is 0 Å². The molecule has 0 radical (unpaired) electrons. The second-order valence-corrected chi connectivity index (χ2v) is 6.94. The highest BCUT2D eigenvalue weighted by atomic mass is 16.6. The van der Waals surface area contributed by atoms with Crippen molar-refractivity contribution in [1.82, 2.24) is 9.80 Å². The smallest absolute Gasteiger partial charge is 0.410 e. The first-order valence-electron chi connectivity index (χ1n) is 7.66. The zero-order chi connectivity index (χ0) is 16.0. The molecule has 0 aromatic rings. The lowest BCUT2D eigenvalue weighted by molar-refractivity contribution is 0.0173. The van der Waals surface area contributed by atoms with Crippen LogP contribution in [0, 0.1) is 5.92 Å². The molecule has 0 unspecified atom stereocenters. The van der Waals surface area contributed by atoms with Crippen molar-refractivity contribution in [1.29, 1.82) is 0 Å². The van der Waals surface area contributed by atoms with E-state index >= 15 is 0 Å². The first kappa shape index (κ1) is 18.2. The number of amides is 1. The number of aliphatic hydroxyl groups excluding tert-OH is 2. The Labute approximate surface area is 127 Å². The summed E-state index contributed by atoms with van der Waals surface area (Å²) in [6, 6.07) is 0. The predicted octanol–water partition coefficient (Wildman–Crippen LogP) is 0.918. The highest BCUT2D eigenvalue weighted by Gasteiger charge is 2.26. The molecular weight excluding hydrogens is 272 g/mol. The summed E-state index contributed by atoms with van der Waals surface area (Å²) >= 11 is 0. The van der Waals surface area contributed by atoms with Gasteiger partial charge in [0.25, 0.3) is 0 Å². The van der Waals surface area contributed by atoms with E-state index in [0.29, 0.717) is 12.5 Å². The van der Waals surface area contributed by atoms with E-state index in [4.69, 9.17) is 9.84 Å². The van der Waals surface area contributed by atoms with Crippen molar-refractivity contribution in [2.24, 2.45) is 5.92 Å². The third kappa shape index (κ3) is 7.11. The van der Waals surface area contributed by atoms with Crippen LogP contribution in [-0.4, -0.2) is 77.6 Å². The van der Waals surface area contributed by atoms with Crippen molar-refractivity contribution in [3.05, 3.63) is 0 Å². The van der Waals surface area contributed by atoms with Gasteiger partial charge in [0.2, 0.25) is 0 Å². The lowest BCUT2D eigenvalue weighted by Gasteiger charge is -2.27. The second kappa shape index (κ2) is 7.96. The van der Waals surface area contributed by atoms with Crippen LogP contribution in [0.1, 0.15) is 33.6 Å². The molecule has 0 saturated carbocycles. The van der Waals surface area contributed by atoms with Crippen LogP contribution in [0.5, 0.6) is 0 Å². The Bertz CT molecular complexity index is 330. The summed E-state index contributed by atoms with van der Waals surface area (Å²) in [7, 11) is 1.63. The van der Waals surface area contributed by atoms with Crippen molar-refractivity contribution in [3.8, 4) is 0 Å². The molecule has 1 rings (SSSR count). The fourth-order valence-corrected chi connectivity index (χ4v) is 2.58. The largest absolute Gasteiger partial charge is 0.444 e. The van der Waals surface area contributed by atoms with Gasteiger partial charge in [0, 0.05) is 26.7 Å². The SMILES string of the molecule is CN(C[C@@H](O)CN1CC[C@H](CCO)C1)C(=O)OC(C)(C)C. The number of carbonyl (C=O) groups excluding carboxylic acids is 1. The molecule has 1 saturated heterocycles. The summed E-state index contributed by atoms with van der Waals surface area (Å²) in [6.07, 6.45) is 0.885. The Kier molecular flexibility index (Phi) is 6.90. The number of carbonyl (C=O) groups is 1. The summed E-state index contributed by atoms with van der Waals surface area (Å²) in [6.45, 7) is 8.35. The number of rotatable bonds is 6. The molecular formula is C15H30N2O4. The molecule has 0 aromatic carbocycles. The van der Waals surface area contributed by atoms with E-state index in [-0.39, 0.29) is 13.2 Å². The molecule has 2 atom stereocenters. The fourth-order valence-electron chi connectivity index (χ4n) is 2.58. The number of hydrogen-bond donors (Lipinski definition) is 2. The summed E-state index contributed by atoms with van der Waals surface area (Å²) < 4.78 is 5.25. The maximum Gasteiger partial charge on any atom is 0.410 e. The van der Waals surface area contributed by atoms with Gasteiger partial charge in [-0.2, -0.15) is 0 Å². The summed E-state index contributed by atoms with van der Waals surface area (Å²) in [5.74, 6) is 0.519. The Morgan fingerprint density at radius 2 is 2.14 bits per heavy atom. The van der Waals surface area contributed by atoms with Gasteiger partial charge in [-0.05, 0) is 46.1 Å². The van der Waals surface area contributed by atoms with Crippen LogP contribution in [0.2, 0.25) is 0 Å². The molecule has 1 amide bonds. The Morgan fingerprint density at radius 1 is 1.48 bits per heavy atom. The van der Waals surface area contributed by atoms with Crippen molar-refractivity contribution >= 4 is 6.09 Å². The first-order valence-corrected chi connectivity index (χ1v) is 7.66.